The molecule has 0 bridgehead atoms. The summed E-state index contributed by atoms with van der Waals surface area (Å²) in [6, 6.07) is 9.55. The maximum atomic E-state index is 12.2. The van der Waals surface area contributed by atoms with E-state index in [9.17, 15) is 13.2 Å². The van der Waals surface area contributed by atoms with Crippen LogP contribution in [0.25, 0.3) is 5.69 Å². The lowest BCUT2D eigenvalue weighted by Gasteiger charge is -2.08. The minimum Gasteiger partial charge on any atom is -0.351 e. The molecule has 0 saturated heterocycles. The molecule has 0 atom stereocenters. The second-order valence-electron chi connectivity index (χ2n) is 4.99. The number of carbonyl (C=O) groups is 1. The zero-order valence-electron chi connectivity index (χ0n) is 12.6. The Bertz CT molecular complexity index is 752. The summed E-state index contributed by atoms with van der Waals surface area (Å²) in [4.78, 5) is 12.2. The summed E-state index contributed by atoms with van der Waals surface area (Å²) in [7, 11) is -3.09. The molecule has 6 nitrogen and oxygen atoms in total. The van der Waals surface area contributed by atoms with Gasteiger partial charge in [0.2, 0.25) is 0 Å². The van der Waals surface area contributed by atoms with Crippen LogP contribution in [-0.2, 0) is 16.3 Å². The molecule has 0 aliphatic heterocycles. The summed E-state index contributed by atoms with van der Waals surface area (Å²) < 4.78 is 23.9. The van der Waals surface area contributed by atoms with Crippen LogP contribution in [0.2, 0.25) is 0 Å². The SMILES string of the molecule is CCc1c(C(=O)NCCS(C)(=O)=O)cnn1-c1ccccc1. The van der Waals surface area contributed by atoms with E-state index >= 15 is 0 Å². The summed E-state index contributed by atoms with van der Waals surface area (Å²) in [6.07, 6.45) is 3.30. The van der Waals surface area contributed by atoms with Crippen LogP contribution in [0.3, 0.4) is 0 Å². The molecule has 0 unspecified atom stereocenters. The number of amides is 1. The number of aromatic nitrogens is 2. The van der Waals surface area contributed by atoms with Crippen molar-refractivity contribution in [3.05, 3.63) is 47.8 Å². The van der Waals surface area contributed by atoms with Crippen molar-refractivity contribution < 1.29 is 13.2 Å². The van der Waals surface area contributed by atoms with Crippen molar-refractivity contribution in [2.24, 2.45) is 0 Å². The van der Waals surface area contributed by atoms with Crippen LogP contribution in [-0.4, -0.2) is 42.7 Å². The van der Waals surface area contributed by atoms with Crippen molar-refractivity contribution >= 4 is 15.7 Å². The van der Waals surface area contributed by atoms with Crippen molar-refractivity contribution in [1.29, 1.82) is 0 Å². The molecule has 1 aromatic heterocycles. The molecule has 22 heavy (non-hydrogen) atoms. The van der Waals surface area contributed by atoms with Crippen molar-refractivity contribution in [2.45, 2.75) is 13.3 Å². The molecular weight excluding hydrogens is 302 g/mol. The number of benzene rings is 1. The molecule has 1 N–H and O–H groups in total. The van der Waals surface area contributed by atoms with E-state index < -0.39 is 9.84 Å². The number of nitrogens with one attached hydrogen (secondary N) is 1. The monoisotopic (exact) mass is 321 g/mol. The highest BCUT2D eigenvalue weighted by molar-refractivity contribution is 7.90. The van der Waals surface area contributed by atoms with E-state index in [2.05, 4.69) is 10.4 Å². The van der Waals surface area contributed by atoms with E-state index in [1.54, 1.807) is 4.68 Å². The van der Waals surface area contributed by atoms with E-state index in [0.717, 1.165) is 17.6 Å². The fourth-order valence-corrected chi connectivity index (χ4v) is 2.61. The quantitative estimate of drug-likeness (QED) is 0.867. The van der Waals surface area contributed by atoms with E-state index in [0.29, 0.717) is 12.0 Å². The largest absolute Gasteiger partial charge is 0.351 e. The number of hydrogen-bond donors (Lipinski definition) is 1. The molecular formula is C15H19N3O3S. The molecule has 0 saturated carbocycles. The Balaban J connectivity index is 2.18. The van der Waals surface area contributed by atoms with Gasteiger partial charge in [0, 0.05) is 12.8 Å². The van der Waals surface area contributed by atoms with Gasteiger partial charge in [-0.25, -0.2) is 13.1 Å². The van der Waals surface area contributed by atoms with Crippen molar-refractivity contribution in [2.75, 3.05) is 18.6 Å². The molecule has 118 valence electrons. The van der Waals surface area contributed by atoms with Gasteiger partial charge in [-0.2, -0.15) is 5.10 Å². The molecule has 0 fully saturated rings. The first-order chi connectivity index (χ1) is 10.4. The first kappa shape index (κ1) is 16.2. The summed E-state index contributed by atoms with van der Waals surface area (Å²) in [5, 5.41) is 6.90. The van der Waals surface area contributed by atoms with Gasteiger partial charge in [0.1, 0.15) is 9.84 Å². The normalized spacial score (nSPS) is 11.4. The zero-order chi connectivity index (χ0) is 16.2. The maximum absolute atomic E-state index is 12.2. The highest BCUT2D eigenvalue weighted by atomic mass is 32.2. The van der Waals surface area contributed by atoms with Crippen molar-refractivity contribution in [3.63, 3.8) is 0 Å². The molecule has 0 radical (unpaired) electrons. The van der Waals surface area contributed by atoms with Gasteiger partial charge < -0.3 is 5.32 Å². The van der Waals surface area contributed by atoms with Crippen molar-refractivity contribution in [1.82, 2.24) is 15.1 Å². The van der Waals surface area contributed by atoms with E-state index in [4.69, 9.17) is 0 Å². The molecule has 2 aromatic rings. The lowest BCUT2D eigenvalue weighted by Crippen LogP contribution is -2.29. The van der Waals surface area contributed by atoms with E-state index in [-0.39, 0.29) is 18.2 Å². The topological polar surface area (TPSA) is 81.1 Å². The van der Waals surface area contributed by atoms with Crippen LogP contribution in [0, 0.1) is 0 Å². The number of hydrogen-bond acceptors (Lipinski definition) is 4. The van der Waals surface area contributed by atoms with Crippen LogP contribution in [0.15, 0.2) is 36.5 Å². The first-order valence-corrected chi connectivity index (χ1v) is 9.06. The Kier molecular flexibility index (Phi) is 4.97. The highest BCUT2D eigenvalue weighted by Gasteiger charge is 2.17. The van der Waals surface area contributed by atoms with Crippen LogP contribution >= 0.6 is 0 Å². The van der Waals surface area contributed by atoms with Gasteiger partial charge in [-0.3, -0.25) is 4.79 Å². The third-order valence-corrected chi connectivity index (χ3v) is 4.15. The Labute approximate surface area is 130 Å². The van der Waals surface area contributed by atoms with Gasteiger partial charge >= 0.3 is 0 Å². The van der Waals surface area contributed by atoms with Gasteiger partial charge in [-0.1, -0.05) is 25.1 Å². The standard InChI is InChI=1S/C15H19N3O3S/c1-3-14-13(15(19)16-9-10-22(2,20)21)11-17-18(14)12-7-5-4-6-8-12/h4-8,11H,3,9-10H2,1-2H3,(H,16,19). The lowest BCUT2D eigenvalue weighted by atomic mass is 10.2. The fraction of sp³-hybridized carbons (Fsp3) is 0.333. The highest BCUT2D eigenvalue weighted by Crippen LogP contribution is 2.15. The molecule has 7 heteroatoms. The predicted molar refractivity (Wildman–Crippen MR) is 85.0 cm³/mol. The molecule has 1 aromatic carbocycles. The number of carbonyl (C=O) groups excluding carboxylic acids is 1. The average molecular weight is 321 g/mol. The molecule has 0 aliphatic rings. The van der Waals surface area contributed by atoms with Crippen LogP contribution in [0.1, 0.15) is 23.0 Å². The van der Waals surface area contributed by atoms with Gasteiger partial charge in [0.15, 0.2) is 0 Å². The van der Waals surface area contributed by atoms with Crippen molar-refractivity contribution in [3.8, 4) is 5.69 Å². The van der Waals surface area contributed by atoms with Gasteiger partial charge in [0.05, 0.1) is 28.9 Å². The third kappa shape index (κ3) is 3.94. The second-order valence-corrected chi connectivity index (χ2v) is 7.25. The molecule has 2 rings (SSSR count). The number of sulfone groups is 1. The summed E-state index contributed by atoms with van der Waals surface area (Å²) in [5.41, 5.74) is 2.15. The van der Waals surface area contributed by atoms with Gasteiger partial charge in [-0.05, 0) is 18.6 Å². The second kappa shape index (κ2) is 6.74. The maximum Gasteiger partial charge on any atom is 0.254 e. The minimum absolute atomic E-state index is 0.0764. The number of nitrogens with zero attached hydrogens (tertiary/aromatic N) is 2. The van der Waals surface area contributed by atoms with E-state index in [1.165, 1.54) is 6.20 Å². The molecule has 0 spiro atoms. The van der Waals surface area contributed by atoms with Crippen LogP contribution in [0.4, 0.5) is 0 Å². The molecule has 1 amide bonds. The number of para-hydroxylation sites is 1. The van der Waals surface area contributed by atoms with Crippen LogP contribution in [0.5, 0.6) is 0 Å². The minimum atomic E-state index is -3.09. The van der Waals surface area contributed by atoms with Crippen LogP contribution < -0.4 is 5.32 Å². The lowest BCUT2D eigenvalue weighted by molar-refractivity contribution is 0.0955. The third-order valence-electron chi connectivity index (χ3n) is 3.21. The number of rotatable bonds is 6. The predicted octanol–water partition coefficient (Wildman–Crippen LogP) is 1.21. The Morgan fingerprint density at radius 2 is 1.95 bits per heavy atom. The summed E-state index contributed by atoms with van der Waals surface area (Å²) in [5.74, 6) is -0.379. The first-order valence-electron chi connectivity index (χ1n) is 7.00. The molecule has 1 heterocycles. The Morgan fingerprint density at radius 1 is 1.27 bits per heavy atom. The van der Waals surface area contributed by atoms with Gasteiger partial charge in [0.25, 0.3) is 5.91 Å². The van der Waals surface area contributed by atoms with E-state index in [1.807, 2.05) is 37.3 Å². The summed E-state index contributed by atoms with van der Waals surface area (Å²) in [6.45, 7) is 2.04. The average Bonchev–Trinajstić information content (AvgIpc) is 2.90. The summed E-state index contributed by atoms with van der Waals surface area (Å²) >= 11 is 0. The zero-order valence-corrected chi connectivity index (χ0v) is 13.4. The van der Waals surface area contributed by atoms with Gasteiger partial charge in [-0.15, -0.1) is 0 Å². The Morgan fingerprint density at radius 3 is 2.55 bits per heavy atom. The Hall–Kier alpha value is -2.15. The fourth-order valence-electron chi connectivity index (χ4n) is 2.14. The molecule has 0 aliphatic carbocycles. The smallest absolute Gasteiger partial charge is 0.254 e.